The minimum Gasteiger partial charge on any atom is -0.494 e. The monoisotopic (exact) mass is 420 g/mol. The van der Waals surface area contributed by atoms with E-state index in [-0.39, 0.29) is 5.91 Å². The molecule has 0 N–H and O–H groups in total. The number of ether oxygens (including phenoxy) is 1. The molecule has 0 spiro atoms. The van der Waals surface area contributed by atoms with E-state index in [1.54, 1.807) is 6.07 Å². The molecule has 1 aromatic carbocycles. The zero-order valence-corrected chi connectivity index (χ0v) is 16.0. The lowest BCUT2D eigenvalue weighted by Gasteiger charge is -2.03. The molecular formula is C17H13BrN2O2S2. The molecule has 0 aliphatic heterocycles. The molecule has 4 nitrogen and oxygen atoms in total. The molecule has 0 aliphatic rings. The Hall–Kier alpha value is -1.88. The number of amides is 1. The van der Waals surface area contributed by atoms with Gasteiger partial charge in [-0.2, -0.15) is 4.99 Å². The number of benzene rings is 1. The van der Waals surface area contributed by atoms with Crippen LogP contribution in [0.3, 0.4) is 0 Å². The third-order valence-corrected chi connectivity index (χ3v) is 5.85. The predicted molar refractivity (Wildman–Crippen MR) is 102 cm³/mol. The number of terminal acetylenes is 1. The summed E-state index contributed by atoms with van der Waals surface area (Å²) in [5, 5.41) is 0. The highest BCUT2D eigenvalue weighted by atomic mass is 79.9. The Morgan fingerprint density at radius 2 is 2.21 bits per heavy atom. The lowest BCUT2D eigenvalue weighted by molar-refractivity contribution is 0.100. The van der Waals surface area contributed by atoms with Crippen LogP contribution in [0.1, 0.15) is 16.6 Å². The molecule has 0 bridgehead atoms. The number of hydrogen-bond acceptors (Lipinski definition) is 4. The second-order valence-corrected chi connectivity index (χ2v) is 8.23. The summed E-state index contributed by atoms with van der Waals surface area (Å²) in [4.78, 5) is 17.8. The van der Waals surface area contributed by atoms with Crippen molar-refractivity contribution in [3.8, 4) is 18.1 Å². The highest BCUT2D eigenvalue weighted by molar-refractivity contribution is 9.11. The number of rotatable bonds is 4. The highest BCUT2D eigenvalue weighted by Gasteiger charge is 2.11. The van der Waals surface area contributed by atoms with Gasteiger partial charge in [-0.05, 0) is 53.2 Å². The molecule has 2 heterocycles. The van der Waals surface area contributed by atoms with Gasteiger partial charge in [0, 0.05) is 0 Å². The van der Waals surface area contributed by atoms with Crippen molar-refractivity contribution in [2.24, 2.45) is 4.99 Å². The van der Waals surface area contributed by atoms with Crippen LogP contribution in [0.5, 0.6) is 5.75 Å². The second kappa shape index (κ2) is 7.34. The van der Waals surface area contributed by atoms with Gasteiger partial charge in [0.2, 0.25) is 0 Å². The number of aromatic nitrogens is 1. The first-order valence-corrected chi connectivity index (χ1v) is 9.59. The summed E-state index contributed by atoms with van der Waals surface area (Å²) in [6.45, 7) is 2.90. The summed E-state index contributed by atoms with van der Waals surface area (Å²) in [5.74, 6) is 3.14. The number of thiophene rings is 1. The summed E-state index contributed by atoms with van der Waals surface area (Å²) >= 11 is 6.14. The maximum atomic E-state index is 12.4. The summed E-state index contributed by atoms with van der Waals surface area (Å²) in [6, 6.07) is 9.38. The lowest BCUT2D eigenvalue weighted by Crippen LogP contribution is -2.16. The van der Waals surface area contributed by atoms with Gasteiger partial charge < -0.3 is 9.30 Å². The van der Waals surface area contributed by atoms with Crippen LogP contribution < -0.4 is 9.54 Å². The zero-order valence-electron chi connectivity index (χ0n) is 12.8. The van der Waals surface area contributed by atoms with Crippen molar-refractivity contribution in [3.63, 3.8) is 0 Å². The Kier molecular flexibility index (Phi) is 5.19. The van der Waals surface area contributed by atoms with Crippen LogP contribution in [0.25, 0.3) is 10.2 Å². The molecule has 0 unspecified atom stereocenters. The minimum atomic E-state index is -0.270. The fraction of sp³-hybridized carbons (Fsp3) is 0.176. The van der Waals surface area contributed by atoms with E-state index in [1.807, 2.05) is 35.8 Å². The number of fused-ring (bicyclic) bond motifs is 1. The summed E-state index contributed by atoms with van der Waals surface area (Å²) < 4.78 is 9.28. The Balaban J connectivity index is 2.11. The maximum Gasteiger partial charge on any atom is 0.289 e. The number of carbonyl (C=O) groups is 1. The van der Waals surface area contributed by atoms with Gasteiger partial charge in [-0.25, -0.2) is 0 Å². The largest absolute Gasteiger partial charge is 0.494 e. The van der Waals surface area contributed by atoms with Crippen LogP contribution in [0.2, 0.25) is 0 Å². The molecule has 122 valence electrons. The van der Waals surface area contributed by atoms with Crippen molar-refractivity contribution >= 4 is 54.7 Å². The second-order valence-electron chi connectivity index (χ2n) is 4.76. The van der Waals surface area contributed by atoms with Gasteiger partial charge in [-0.15, -0.1) is 17.8 Å². The number of thiazole rings is 1. The molecule has 1 amide bonds. The Labute approximate surface area is 155 Å². The maximum absolute atomic E-state index is 12.4. The number of nitrogens with zero attached hydrogens (tertiary/aromatic N) is 2. The van der Waals surface area contributed by atoms with Gasteiger partial charge in [0.25, 0.3) is 5.91 Å². The van der Waals surface area contributed by atoms with E-state index in [2.05, 4.69) is 26.8 Å². The van der Waals surface area contributed by atoms with E-state index in [0.29, 0.717) is 22.8 Å². The molecule has 0 saturated carbocycles. The third-order valence-electron chi connectivity index (χ3n) is 3.20. The van der Waals surface area contributed by atoms with Crippen LogP contribution in [-0.2, 0) is 6.54 Å². The smallest absolute Gasteiger partial charge is 0.289 e. The quantitative estimate of drug-likeness (QED) is 0.590. The Morgan fingerprint density at radius 1 is 1.38 bits per heavy atom. The average Bonchev–Trinajstić information content (AvgIpc) is 3.12. The van der Waals surface area contributed by atoms with E-state index in [9.17, 15) is 4.79 Å². The Morgan fingerprint density at radius 3 is 2.88 bits per heavy atom. The molecule has 0 fully saturated rings. The van der Waals surface area contributed by atoms with Gasteiger partial charge in [0.1, 0.15) is 5.75 Å². The van der Waals surface area contributed by atoms with E-state index in [4.69, 9.17) is 11.2 Å². The molecule has 24 heavy (non-hydrogen) atoms. The van der Waals surface area contributed by atoms with Crippen molar-refractivity contribution in [2.45, 2.75) is 13.5 Å². The van der Waals surface area contributed by atoms with E-state index < -0.39 is 0 Å². The van der Waals surface area contributed by atoms with Crippen LogP contribution >= 0.6 is 38.6 Å². The molecule has 0 aliphatic carbocycles. The molecule has 3 aromatic rings. The zero-order chi connectivity index (χ0) is 17.1. The van der Waals surface area contributed by atoms with Crippen LogP contribution in [0, 0.1) is 12.3 Å². The summed E-state index contributed by atoms with van der Waals surface area (Å²) in [7, 11) is 0. The van der Waals surface area contributed by atoms with E-state index >= 15 is 0 Å². The molecular weight excluding hydrogens is 408 g/mol. The van der Waals surface area contributed by atoms with Crippen molar-refractivity contribution in [1.82, 2.24) is 4.57 Å². The lowest BCUT2D eigenvalue weighted by atomic mass is 10.3. The van der Waals surface area contributed by atoms with Crippen molar-refractivity contribution in [2.75, 3.05) is 6.61 Å². The van der Waals surface area contributed by atoms with Crippen molar-refractivity contribution < 1.29 is 9.53 Å². The molecule has 3 rings (SSSR count). The van der Waals surface area contributed by atoms with E-state index in [0.717, 1.165) is 19.8 Å². The summed E-state index contributed by atoms with van der Waals surface area (Å²) in [5.41, 5.74) is 0.945. The number of carbonyl (C=O) groups excluding carboxylic acids is 1. The SMILES string of the molecule is C#CCn1c(=NC(=O)c2ccc(Br)s2)sc2cc(OCC)ccc21. The normalized spacial score (nSPS) is 11.6. The van der Waals surface area contributed by atoms with Crippen LogP contribution in [-0.4, -0.2) is 17.1 Å². The summed E-state index contributed by atoms with van der Waals surface area (Å²) in [6.07, 6.45) is 5.48. The highest BCUT2D eigenvalue weighted by Crippen LogP contribution is 2.25. The van der Waals surface area contributed by atoms with Crippen LogP contribution in [0.15, 0.2) is 39.1 Å². The van der Waals surface area contributed by atoms with Gasteiger partial charge >= 0.3 is 0 Å². The Bertz CT molecular complexity index is 1010. The first kappa shape index (κ1) is 17.0. The van der Waals surface area contributed by atoms with E-state index in [1.165, 1.54) is 22.7 Å². The van der Waals surface area contributed by atoms with Crippen molar-refractivity contribution in [1.29, 1.82) is 0 Å². The molecule has 7 heteroatoms. The molecule has 0 saturated heterocycles. The number of halogens is 1. The minimum absolute atomic E-state index is 0.270. The standard InChI is InChI=1S/C17H13BrN2O2S2/c1-3-9-20-12-6-5-11(22-4-2)10-14(12)24-17(20)19-16(21)13-7-8-15(18)23-13/h1,5-8,10H,4,9H2,2H3. The fourth-order valence-electron chi connectivity index (χ4n) is 2.21. The van der Waals surface area contributed by atoms with Gasteiger partial charge in [0.05, 0.1) is 32.0 Å². The van der Waals surface area contributed by atoms with Gasteiger partial charge in [-0.1, -0.05) is 17.3 Å². The molecule has 2 aromatic heterocycles. The first-order chi connectivity index (χ1) is 11.6. The van der Waals surface area contributed by atoms with Gasteiger partial charge in [-0.3, -0.25) is 4.79 Å². The topological polar surface area (TPSA) is 43.6 Å². The number of hydrogen-bond donors (Lipinski definition) is 0. The predicted octanol–water partition coefficient (Wildman–Crippen LogP) is 4.30. The van der Waals surface area contributed by atoms with Crippen molar-refractivity contribution in [3.05, 3.63) is 43.8 Å². The van der Waals surface area contributed by atoms with Crippen LogP contribution in [0.4, 0.5) is 0 Å². The fourth-order valence-corrected chi connectivity index (χ4v) is 4.54. The third kappa shape index (κ3) is 3.46. The molecule has 0 radical (unpaired) electrons. The molecule has 0 atom stereocenters. The van der Waals surface area contributed by atoms with Gasteiger partial charge in [0.15, 0.2) is 4.80 Å². The average molecular weight is 421 g/mol. The first-order valence-electron chi connectivity index (χ1n) is 7.16.